The predicted molar refractivity (Wildman–Crippen MR) is 108 cm³/mol. The molecule has 30 heavy (non-hydrogen) atoms. The minimum atomic E-state index is -0.706. The highest BCUT2D eigenvalue weighted by atomic mass is 16.5. The summed E-state index contributed by atoms with van der Waals surface area (Å²) in [5, 5.41) is 6.67. The van der Waals surface area contributed by atoms with Crippen molar-refractivity contribution in [3.63, 3.8) is 0 Å². The van der Waals surface area contributed by atoms with Crippen LogP contribution in [0.3, 0.4) is 0 Å². The zero-order valence-corrected chi connectivity index (χ0v) is 17.2. The number of nitrogens with one attached hydrogen (secondary N) is 1. The number of aromatic nitrogens is 2. The lowest BCUT2D eigenvalue weighted by Crippen LogP contribution is -2.35. The predicted octanol–water partition coefficient (Wildman–Crippen LogP) is 2.85. The summed E-state index contributed by atoms with van der Waals surface area (Å²) in [5.41, 5.74) is 0.649. The van der Waals surface area contributed by atoms with Crippen molar-refractivity contribution in [3.8, 4) is 34.4 Å². The molecule has 1 heterocycles. The summed E-state index contributed by atoms with van der Waals surface area (Å²) in [6, 6.07) is 12.2. The second-order valence-corrected chi connectivity index (χ2v) is 6.23. The highest BCUT2D eigenvalue weighted by Gasteiger charge is 2.18. The second-order valence-electron chi connectivity index (χ2n) is 6.23. The van der Waals surface area contributed by atoms with Gasteiger partial charge in [0.1, 0.15) is 23.0 Å². The summed E-state index contributed by atoms with van der Waals surface area (Å²) in [6.07, 6.45) is -0.706. The standard InChI is InChI=1S/C21H23N3O6/c1-13(29-15-7-5-14(26-2)6-8-15)21(25)22-12-19-23-20(24-30-19)17-10-9-16(27-3)11-18(17)28-4/h5-11,13H,12H2,1-4H3,(H,22,25)/t13-/m0/s1. The van der Waals surface area contributed by atoms with E-state index in [1.54, 1.807) is 70.7 Å². The molecule has 9 heteroatoms. The van der Waals surface area contributed by atoms with E-state index in [2.05, 4.69) is 15.5 Å². The van der Waals surface area contributed by atoms with Gasteiger partial charge in [0.25, 0.3) is 5.91 Å². The van der Waals surface area contributed by atoms with Crippen LogP contribution in [0.2, 0.25) is 0 Å². The average Bonchev–Trinajstić information content (AvgIpc) is 3.26. The molecule has 1 amide bonds. The Balaban J connectivity index is 1.58. The zero-order valence-electron chi connectivity index (χ0n) is 17.2. The van der Waals surface area contributed by atoms with Crippen LogP contribution in [-0.2, 0) is 11.3 Å². The number of benzene rings is 2. The highest BCUT2D eigenvalue weighted by molar-refractivity contribution is 5.80. The molecule has 1 aromatic heterocycles. The van der Waals surface area contributed by atoms with E-state index in [1.165, 1.54) is 0 Å². The number of rotatable bonds is 9. The van der Waals surface area contributed by atoms with Gasteiger partial charge in [-0.05, 0) is 43.3 Å². The Morgan fingerprint density at radius 3 is 2.33 bits per heavy atom. The number of ether oxygens (including phenoxy) is 4. The van der Waals surface area contributed by atoms with E-state index >= 15 is 0 Å². The minimum Gasteiger partial charge on any atom is -0.497 e. The molecule has 0 radical (unpaired) electrons. The Bertz CT molecular complexity index is 987. The van der Waals surface area contributed by atoms with E-state index < -0.39 is 6.10 Å². The molecule has 158 valence electrons. The number of nitrogens with zero attached hydrogens (tertiary/aromatic N) is 2. The van der Waals surface area contributed by atoms with Gasteiger partial charge >= 0.3 is 0 Å². The van der Waals surface area contributed by atoms with Crippen LogP contribution in [-0.4, -0.2) is 43.5 Å². The Hall–Kier alpha value is -3.75. The summed E-state index contributed by atoms with van der Waals surface area (Å²) in [7, 11) is 4.70. The van der Waals surface area contributed by atoms with Crippen molar-refractivity contribution < 1.29 is 28.3 Å². The Morgan fingerprint density at radius 1 is 1.00 bits per heavy atom. The zero-order chi connectivity index (χ0) is 21.5. The van der Waals surface area contributed by atoms with Crippen LogP contribution in [0, 0.1) is 0 Å². The average molecular weight is 413 g/mol. The molecule has 1 atom stereocenters. The summed E-state index contributed by atoms with van der Waals surface area (Å²) >= 11 is 0. The third-order valence-corrected chi connectivity index (χ3v) is 4.27. The van der Waals surface area contributed by atoms with Gasteiger partial charge in [-0.25, -0.2) is 0 Å². The lowest BCUT2D eigenvalue weighted by atomic mass is 10.2. The number of amides is 1. The molecular formula is C21H23N3O6. The van der Waals surface area contributed by atoms with Crippen molar-refractivity contribution in [2.75, 3.05) is 21.3 Å². The van der Waals surface area contributed by atoms with Crippen LogP contribution in [0.25, 0.3) is 11.4 Å². The van der Waals surface area contributed by atoms with Crippen molar-refractivity contribution in [1.29, 1.82) is 0 Å². The van der Waals surface area contributed by atoms with Crippen molar-refractivity contribution in [1.82, 2.24) is 15.5 Å². The topological polar surface area (TPSA) is 105 Å². The molecule has 3 rings (SSSR count). The first-order valence-electron chi connectivity index (χ1n) is 9.17. The van der Waals surface area contributed by atoms with Crippen molar-refractivity contribution >= 4 is 5.91 Å². The van der Waals surface area contributed by atoms with Gasteiger partial charge in [0.2, 0.25) is 11.7 Å². The third kappa shape index (κ3) is 4.99. The molecule has 1 N–H and O–H groups in total. The Labute approximate surface area is 173 Å². The van der Waals surface area contributed by atoms with Crippen LogP contribution in [0.5, 0.6) is 23.0 Å². The van der Waals surface area contributed by atoms with E-state index in [4.69, 9.17) is 23.5 Å². The fraction of sp³-hybridized carbons (Fsp3) is 0.286. The Morgan fingerprint density at radius 2 is 1.67 bits per heavy atom. The van der Waals surface area contributed by atoms with Crippen LogP contribution in [0.4, 0.5) is 0 Å². The van der Waals surface area contributed by atoms with Crippen molar-refractivity contribution in [2.24, 2.45) is 0 Å². The lowest BCUT2D eigenvalue weighted by molar-refractivity contribution is -0.127. The fourth-order valence-corrected chi connectivity index (χ4v) is 2.64. The maximum atomic E-state index is 12.3. The SMILES string of the molecule is COc1ccc(O[C@@H](C)C(=O)NCc2nc(-c3ccc(OC)cc3OC)no2)cc1. The van der Waals surface area contributed by atoms with E-state index in [0.717, 1.165) is 0 Å². The van der Waals surface area contributed by atoms with E-state index in [0.29, 0.717) is 34.4 Å². The molecule has 0 aliphatic carbocycles. The van der Waals surface area contributed by atoms with E-state index in [1.807, 2.05) is 0 Å². The van der Waals surface area contributed by atoms with Crippen molar-refractivity contribution in [3.05, 3.63) is 48.4 Å². The van der Waals surface area contributed by atoms with Gasteiger partial charge in [-0.3, -0.25) is 4.79 Å². The number of methoxy groups -OCH3 is 3. The first-order valence-corrected chi connectivity index (χ1v) is 9.17. The monoisotopic (exact) mass is 413 g/mol. The first-order chi connectivity index (χ1) is 14.5. The quantitative estimate of drug-likeness (QED) is 0.571. The van der Waals surface area contributed by atoms with Crippen LogP contribution >= 0.6 is 0 Å². The van der Waals surface area contributed by atoms with Gasteiger partial charge in [-0.1, -0.05) is 5.16 Å². The van der Waals surface area contributed by atoms with E-state index in [-0.39, 0.29) is 18.3 Å². The molecule has 2 aromatic carbocycles. The normalized spacial score (nSPS) is 11.5. The molecule has 0 spiro atoms. The van der Waals surface area contributed by atoms with Crippen LogP contribution < -0.4 is 24.3 Å². The molecule has 0 saturated heterocycles. The van der Waals surface area contributed by atoms with Gasteiger partial charge < -0.3 is 28.8 Å². The number of carbonyl (C=O) groups is 1. The van der Waals surface area contributed by atoms with E-state index in [9.17, 15) is 4.79 Å². The smallest absolute Gasteiger partial charge is 0.261 e. The van der Waals surface area contributed by atoms with Gasteiger partial charge in [-0.15, -0.1) is 0 Å². The number of carbonyl (C=O) groups excluding carboxylic acids is 1. The molecule has 9 nitrogen and oxygen atoms in total. The summed E-state index contributed by atoms with van der Waals surface area (Å²) in [4.78, 5) is 16.6. The molecule has 0 aliphatic rings. The molecule has 0 unspecified atom stereocenters. The number of hydrogen-bond acceptors (Lipinski definition) is 8. The fourth-order valence-electron chi connectivity index (χ4n) is 2.64. The maximum Gasteiger partial charge on any atom is 0.261 e. The number of hydrogen-bond donors (Lipinski definition) is 1. The van der Waals surface area contributed by atoms with Crippen molar-refractivity contribution in [2.45, 2.75) is 19.6 Å². The summed E-state index contributed by atoms with van der Waals surface area (Å²) in [5.74, 6) is 2.76. The third-order valence-electron chi connectivity index (χ3n) is 4.27. The summed E-state index contributed by atoms with van der Waals surface area (Å²) in [6.45, 7) is 1.72. The molecule has 0 aliphatic heterocycles. The molecular weight excluding hydrogens is 390 g/mol. The molecule has 0 saturated carbocycles. The van der Waals surface area contributed by atoms with Gasteiger partial charge in [-0.2, -0.15) is 4.98 Å². The maximum absolute atomic E-state index is 12.3. The van der Waals surface area contributed by atoms with Crippen LogP contribution in [0.15, 0.2) is 47.0 Å². The minimum absolute atomic E-state index is 0.0701. The highest BCUT2D eigenvalue weighted by Crippen LogP contribution is 2.31. The second kappa shape index (κ2) is 9.64. The summed E-state index contributed by atoms with van der Waals surface area (Å²) < 4.78 is 26.5. The first kappa shape index (κ1) is 21.0. The molecule has 0 fully saturated rings. The van der Waals surface area contributed by atoms with Gasteiger partial charge in [0.05, 0.1) is 33.4 Å². The van der Waals surface area contributed by atoms with Gasteiger partial charge in [0, 0.05) is 6.07 Å². The van der Waals surface area contributed by atoms with Gasteiger partial charge in [0.15, 0.2) is 6.10 Å². The molecule has 3 aromatic rings. The lowest BCUT2D eigenvalue weighted by Gasteiger charge is -2.14. The largest absolute Gasteiger partial charge is 0.497 e. The molecule has 0 bridgehead atoms. The Kier molecular flexibility index (Phi) is 6.74. The van der Waals surface area contributed by atoms with Crippen LogP contribution in [0.1, 0.15) is 12.8 Å².